The quantitative estimate of drug-likeness (QED) is 0.909. The van der Waals surface area contributed by atoms with Gasteiger partial charge in [0.15, 0.2) is 0 Å². The summed E-state index contributed by atoms with van der Waals surface area (Å²) in [6.45, 7) is 8.87. The van der Waals surface area contributed by atoms with Crippen LogP contribution in [0.15, 0.2) is 18.5 Å². The maximum absolute atomic E-state index is 6.33. The van der Waals surface area contributed by atoms with Crippen LogP contribution in [0.2, 0.25) is 5.02 Å². The van der Waals surface area contributed by atoms with Gasteiger partial charge in [-0.1, -0.05) is 31.9 Å². The monoisotopic (exact) mass is 267 g/mol. The van der Waals surface area contributed by atoms with Crippen LogP contribution in [0.3, 0.4) is 0 Å². The molecule has 100 valence electrons. The van der Waals surface area contributed by atoms with Crippen molar-refractivity contribution in [1.82, 2.24) is 15.2 Å². The minimum atomic E-state index is 0.410. The van der Waals surface area contributed by atoms with Crippen molar-refractivity contribution in [2.75, 3.05) is 26.2 Å². The molecule has 0 radical (unpaired) electrons. The first-order valence-corrected chi connectivity index (χ1v) is 7.16. The van der Waals surface area contributed by atoms with Gasteiger partial charge in [-0.3, -0.25) is 9.88 Å². The molecule has 1 saturated heterocycles. The van der Waals surface area contributed by atoms with Crippen molar-refractivity contribution in [3.05, 3.63) is 29.0 Å². The van der Waals surface area contributed by atoms with Crippen LogP contribution in [-0.2, 0) is 0 Å². The number of aromatic nitrogens is 1. The van der Waals surface area contributed by atoms with Crippen LogP contribution in [-0.4, -0.2) is 36.1 Å². The van der Waals surface area contributed by atoms with Gasteiger partial charge in [0.1, 0.15) is 0 Å². The number of halogens is 1. The number of pyridine rings is 1. The highest BCUT2D eigenvalue weighted by molar-refractivity contribution is 6.31. The van der Waals surface area contributed by atoms with Gasteiger partial charge in [-0.05, 0) is 17.5 Å². The topological polar surface area (TPSA) is 28.2 Å². The van der Waals surface area contributed by atoms with E-state index in [1.165, 1.54) is 5.56 Å². The molecule has 2 atom stereocenters. The van der Waals surface area contributed by atoms with Crippen LogP contribution in [0, 0.1) is 5.92 Å². The van der Waals surface area contributed by atoms with Crippen molar-refractivity contribution in [2.24, 2.45) is 5.92 Å². The average molecular weight is 268 g/mol. The lowest BCUT2D eigenvalue weighted by Gasteiger charge is -2.38. The van der Waals surface area contributed by atoms with Crippen molar-refractivity contribution < 1.29 is 0 Å². The molecule has 0 aromatic carbocycles. The molecule has 0 saturated carbocycles. The standard InChI is InChI=1S/C14H22ClN3/c1-3-11(2)14(18-8-6-16-7-9-18)12-4-5-17-10-13(12)15/h4-5,10-11,14,16H,3,6-9H2,1-2H3/t11?,14-/m0/s1. The maximum atomic E-state index is 6.33. The molecule has 0 amide bonds. The molecule has 1 unspecified atom stereocenters. The zero-order valence-corrected chi connectivity index (χ0v) is 12.0. The maximum Gasteiger partial charge on any atom is 0.0637 e. The van der Waals surface area contributed by atoms with Crippen molar-refractivity contribution in [3.8, 4) is 0 Å². The van der Waals surface area contributed by atoms with E-state index >= 15 is 0 Å². The van der Waals surface area contributed by atoms with Crippen LogP contribution >= 0.6 is 11.6 Å². The fourth-order valence-electron chi connectivity index (χ4n) is 2.67. The van der Waals surface area contributed by atoms with Gasteiger partial charge >= 0.3 is 0 Å². The van der Waals surface area contributed by atoms with Gasteiger partial charge in [0.2, 0.25) is 0 Å². The summed E-state index contributed by atoms with van der Waals surface area (Å²) in [5.74, 6) is 0.600. The lowest BCUT2D eigenvalue weighted by Crippen LogP contribution is -2.46. The van der Waals surface area contributed by atoms with E-state index in [0.717, 1.165) is 37.6 Å². The molecule has 3 nitrogen and oxygen atoms in total. The van der Waals surface area contributed by atoms with Crippen LogP contribution in [0.5, 0.6) is 0 Å². The number of piperazine rings is 1. The summed E-state index contributed by atoms with van der Waals surface area (Å²) in [7, 11) is 0. The fraction of sp³-hybridized carbons (Fsp3) is 0.643. The molecule has 2 heterocycles. The number of hydrogen-bond acceptors (Lipinski definition) is 3. The Bertz CT molecular complexity index is 377. The lowest BCUT2D eigenvalue weighted by atomic mass is 9.91. The summed E-state index contributed by atoms with van der Waals surface area (Å²) in [6.07, 6.45) is 4.76. The van der Waals surface area contributed by atoms with E-state index in [1.54, 1.807) is 6.20 Å². The minimum Gasteiger partial charge on any atom is -0.314 e. The van der Waals surface area contributed by atoms with Crippen molar-refractivity contribution >= 4 is 11.6 Å². The summed E-state index contributed by atoms with van der Waals surface area (Å²) in [6, 6.07) is 2.48. The highest BCUT2D eigenvalue weighted by atomic mass is 35.5. The second-order valence-corrected chi connectivity index (χ2v) is 5.42. The van der Waals surface area contributed by atoms with E-state index < -0.39 is 0 Å². The molecule has 1 aromatic rings. The van der Waals surface area contributed by atoms with E-state index in [-0.39, 0.29) is 0 Å². The molecule has 1 aliphatic heterocycles. The summed E-state index contributed by atoms with van der Waals surface area (Å²) >= 11 is 6.33. The lowest BCUT2D eigenvalue weighted by molar-refractivity contribution is 0.128. The Morgan fingerprint density at radius 1 is 1.44 bits per heavy atom. The molecule has 4 heteroatoms. The molecule has 18 heavy (non-hydrogen) atoms. The summed E-state index contributed by atoms with van der Waals surface area (Å²) in [5, 5.41) is 4.20. The van der Waals surface area contributed by atoms with Gasteiger partial charge in [0.25, 0.3) is 0 Å². The zero-order chi connectivity index (χ0) is 13.0. The van der Waals surface area contributed by atoms with Gasteiger partial charge in [-0.25, -0.2) is 0 Å². The second kappa shape index (κ2) is 6.50. The Morgan fingerprint density at radius 2 is 2.17 bits per heavy atom. The summed E-state index contributed by atoms with van der Waals surface area (Å²) in [4.78, 5) is 6.64. The Hall–Kier alpha value is -0.640. The molecular weight excluding hydrogens is 246 g/mol. The van der Waals surface area contributed by atoms with Crippen LogP contribution in [0.25, 0.3) is 0 Å². The molecule has 1 N–H and O–H groups in total. The Morgan fingerprint density at radius 3 is 2.78 bits per heavy atom. The molecule has 2 rings (SSSR count). The third kappa shape index (κ3) is 3.02. The highest BCUT2D eigenvalue weighted by Gasteiger charge is 2.27. The van der Waals surface area contributed by atoms with Crippen LogP contribution < -0.4 is 5.32 Å². The fourth-order valence-corrected chi connectivity index (χ4v) is 2.90. The van der Waals surface area contributed by atoms with E-state index in [4.69, 9.17) is 11.6 Å². The number of hydrogen-bond donors (Lipinski definition) is 1. The Labute approximate surface area is 115 Å². The Kier molecular flexibility index (Phi) is 4.98. The van der Waals surface area contributed by atoms with Crippen LogP contribution in [0.1, 0.15) is 31.9 Å². The van der Waals surface area contributed by atoms with Crippen molar-refractivity contribution in [2.45, 2.75) is 26.3 Å². The van der Waals surface area contributed by atoms with Gasteiger partial charge < -0.3 is 5.32 Å². The molecule has 0 bridgehead atoms. The van der Waals surface area contributed by atoms with Gasteiger partial charge in [0.05, 0.1) is 5.02 Å². The first-order valence-electron chi connectivity index (χ1n) is 6.78. The Balaban J connectivity index is 2.27. The number of nitrogens with one attached hydrogen (secondary N) is 1. The first-order chi connectivity index (χ1) is 8.74. The third-order valence-electron chi connectivity index (χ3n) is 3.85. The number of rotatable bonds is 4. The molecule has 1 fully saturated rings. The summed E-state index contributed by atoms with van der Waals surface area (Å²) < 4.78 is 0. The van der Waals surface area contributed by atoms with Crippen molar-refractivity contribution in [1.29, 1.82) is 0 Å². The van der Waals surface area contributed by atoms with E-state index in [1.807, 2.05) is 6.20 Å². The summed E-state index contributed by atoms with van der Waals surface area (Å²) in [5.41, 5.74) is 1.22. The van der Waals surface area contributed by atoms with E-state index in [9.17, 15) is 0 Å². The molecule has 1 aliphatic rings. The van der Waals surface area contributed by atoms with Crippen LogP contribution in [0.4, 0.5) is 0 Å². The highest BCUT2D eigenvalue weighted by Crippen LogP contribution is 2.34. The number of nitrogens with zero attached hydrogens (tertiary/aromatic N) is 2. The largest absolute Gasteiger partial charge is 0.314 e. The third-order valence-corrected chi connectivity index (χ3v) is 4.17. The van der Waals surface area contributed by atoms with Gasteiger partial charge in [0, 0.05) is 44.6 Å². The molecular formula is C14H22ClN3. The minimum absolute atomic E-state index is 0.410. The van der Waals surface area contributed by atoms with E-state index in [0.29, 0.717) is 12.0 Å². The van der Waals surface area contributed by atoms with Gasteiger partial charge in [-0.15, -0.1) is 0 Å². The smallest absolute Gasteiger partial charge is 0.0637 e. The molecule has 0 aliphatic carbocycles. The zero-order valence-electron chi connectivity index (χ0n) is 11.2. The molecule has 0 spiro atoms. The molecule has 1 aromatic heterocycles. The van der Waals surface area contributed by atoms with Gasteiger partial charge in [-0.2, -0.15) is 0 Å². The SMILES string of the molecule is CCC(C)[C@@H](c1ccncc1Cl)N1CCNCC1. The predicted molar refractivity (Wildman–Crippen MR) is 75.9 cm³/mol. The average Bonchev–Trinajstić information content (AvgIpc) is 2.42. The normalized spacial score (nSPS) is 20.6. The van der Waals surface area contributed by atoms with Crippen molar-refractivity contribution in [3.63, 3.8) is 0 Å². The first kappa shape index (κ1) is 13.8. The second-order valence-electron chi connectivity index (χ2n) is 5.01. The predicted octanol–water partition coefficient (Wildman–Crippen LogP) is 2.73. The van der Waals surface area contributed by atoms with E-state index in [2.05, 4.69) is 35.1 Å².